The van der Waals surface area contributed by atoms with Crippen LogP contribution < -0.4 is 0 Å². The molecule has 2 aromatic heterocycles. The van der Waals surface area contributed by atoms with Gasteiger partial charge in [0.15, 0.2) is 0 Å². The standard InChI is InChI=1S/C21H25N5O2/c27-19(18-12-17(23-24-18)16-4-1-2-9-22-16)26-11-8-21(14-26)7-3-10-25(20(21)28)13-15-5-6-15/h1-2,4,9,12,15H,3,5-8,10-11,13-14H2,(H,23,24)/t21-/m0/s1. The largest absolute Gasteiger partial charge is 0.342 e. The number of piperidine rings is 1. The Morgan fingerprint density at radius 2 is 2.11 bits per heavy atom. The van der Waals surface area contributed by atoms with Crippen molar-refractivity contribution in [3.63, 3.8) is 0 Å². The van der Waals surface area contributed by atoms with Crippen molar-refractivity contribution in [2.75, 3.05) is 26.2 Å². The third-order valence-electron chi connectivity index (χ3n) is 6.38. The monoisotopic (exact) mass is 379 g/mol. The number of nitrogens with one attached hydrogen (secondary N) is 1. The topological polar surface area (TPSA) is 82.2 Å². The molecule has 2 amide bonds. The van der Waals surface area contributed by atoms with Gasteiger partial charge in [0.25, 0.3) is 5.91 Å². The van der Waals surface area contributed by atoms with Crippen LogP contribution in [0.3, 0.4) is 0 Å². The van der Waals surface area contributed by atoms with E-state index in [0.29, 0.717) is 30.4 Å². The molecule has 2 aliphatic heterocycles. The molecule has 0 bridgehead atoms. The highest BCUT2D eigenvalue weighted by molar-refractivity contribution is 5.94. The minimum Gasteiger partial charge on any atom is -0.342 e. The van der Waals surface area contributed by atoms with Crippen molar-refractivity contribution in [2.45, 2.75) is 32.1 Å². The molecule has 0 radical (unpaired) electrons. The second kappa shape index (κ2) is 6.72. The fraction of sp³-hybridized carbons (Fsp3) is 0.524. The summed E-state index contributed by atoms with van der Waals surface area (Å²) in [7, 11) is 0. The molecular weight excluding hydrogens is 354 g/mol. The summed E-state index contributed by atoms with van der Waals surface area (Å²) in [6.45, 7) is 2.92. The number of pyridine rings is 1. The van der Waals surface area contributed by atoms with Crippen LogP contribution in [0.2, 0.25) is 0 Å². The van der Waals surface area contributed by atoms with Crippen molar-refractivity contribution >= 4 is 11.8 Å². The average molecular weight is 379 g/mol. The SMILES string of the molecule is O=C(c1cc(-c2ccccn2)n[nH]1)N1CC[C@@]2(CCCN(CC3CC3)C2=O)C1. The number of hydrogen-bond donors (Lipinski definition) is 1. The Kier molecular flexibility index (Phi) is 4.18. The summed E-state index contributed by atoms with van der Waals surface area (Å²) in [4.78, 5) is 34.3. The molecular formula is C21H25N5O2. The maximum atomic E-state index is 13.2. The minimum atomic E-state index is -0.382. The number of H-pyrrole nitrogens is 1. The highest BCUT2D eigenvalue weighted by atomic mass is 16.2. The van der Waals surface area contributed by atoms with Gasteiger partial charge in [-0.1, -0.05) is 6.07 Å². The van der Waals surface area contributed by atoms with E-state index in [1.54, 1.807) is 12.3 Å². The molecule has 1 aliphatic carbocycles. The molecule has 7 nitrogen and oxygen atoms in total. The molecule has 28 heavy (non-hydrogen) atoms. The van der Waals surface area contributed by atoms with E-state index in [-0.39, 0.29) is 17.2 Å². The van der Waals surface area contributed by atoms with Gasteiger partial charge in [-0.05, 0) is 56.2 Å². The molecule has 2 aromatic rings. The number of hydrogen-bond acceptors (Lipinski definition) is 4. The molecule has 1 saturated carbocycles. The predicted octanol–water partition coefficient (Wildman–Crippen LogP) is 2.34. The fourth-order valence-electron chi connectivity index (χ4n) is 4.61. The van der Waals surface area contributed by atoms with Crippen molar-refractivity contribution in [1.29, 1.82) is 0 Å². The predicted molar refractivity (Wildman–Crippen MR) is 103 cm³/mol. The third-order valence-corrected chi connectivity index (χ3v) is 6.38. The van der Waals surface area contributed by atoms with Gasteiger partial charge in [-0.3, -0.25) is 19.7 Å². The van der Waals surface area contributed by atoms with Crippen LogP contribution >= 0.6 is 0 Å². The lowest BCUT2D eigenvalue weighted by molar-refractivity contribution is -0.145. The van der Waals surface area contributed by atoms with Gasteiger partial charge < -0.3 is 9.80 Å². The number of carbonyl (C=O) groups excluding carboxylic acids is 2. The van der Waals surface area contributed by atoms with Crippen LogP contribution in [0.4, 0.5) is 0 Å². The van der Waals surface area contributed by atoms with Crippen molar-refractivity contribution < 1.29 is 9.59 Å². The van der Waals surface area contributed by atoms with Gasteiger partial charge in [0, 0.05) is 32.4 Å². The highest BCUT2D eigenvalue weighted by Gasteiger charge is 2.50. The Morgan fingerprint density at radius 3 is 2.89 bits per heavy atom. The zero-order chi connectivity index (χ0) is 19.1. The lowest BCUT2D eigenvalue weighted by Gasteiger charge is -2.39. The summed E-state index contributed by atoms with van der Waals surface area (Å²) in [6, 6.07) is 7.35. The first kappa shape index (κ1) is 17.4. The maximum Gasteiger partial charge on any atom is 0.271 e. The zero-order valence-electron chi connectivity index (χ0n) is 15.9. The molecule has 0 aromatic carbocycles. The van der Waals surface area contributed by atoms with Gasteiger partial charge in [-0.15, -0.1) is 0 Å². The highest BCUT2D eigenvalue weighted by Crippen LogP contribution is 2.42. The first-order valence-corrected chi connectivity index (χ1v) is 10.2. The lowest BCUT2D eigenvalue weighted by atomic mass is 9.78. The van der Waals surface area contributed by atoms with Gasteiger partial charge in [0.2, 0.25) is 5.91 Å². The van der Waals surface area contributed by atoms with E-state index in [1.807, 2.05) is 23.1 Å². The Hall–Kier alpha value is -2.70. The van der Waals surface area contributed by atoms with E-state index in [4.69, 9.17) is 0 Å². The molecule has 4 heterocycles. The average Bonchev–Trinajstić information content (AvgIpc) is 3.24. The van der Waals surface area contributed by atoms with E-state index in [9.17, 15) is 9.59 Å². The summed E-state index contributed by atoms with van der Waals surface area (Å²) in [6.07, 6.45) is 6.89. The van der Waals surface area contributed by atoms with Crippen LogP contribution in [0.1, 0.15) is 42.6 Å². The van der Waals surface area contributed by atoms with E-state index in [0.717, 1.165) is 38.0 Å². The normalized spacial score (nSPS) is 24.9. The molecule has 1 spiro atoms. The molecule has 0 unspecified atom stereocenters. The Balaban J connectivity index is 1.29. The summed E-state index contributed by atoms with van der Waals surface area (Å²) in [5.74, 6) is 0.881. The second-order valence-electron chi connectivity index (χ2n) is 8.44. The Labute approximate surface area is 164 Å². The number of carbonyl (C=O) groups is 2. The van der Waals surface area contributed by atoms with E-state index >= 15 is 0 Å². The number of likely N-dealkylation sites (tertiary alicyclic amines) is 2. The Morgan fingerprint density at radius 1 is 1.21 bits per heavy atom. The van der Waals surface area contributed by atoms with Crippen LogP contribution in [0.5, 0.6) is 0 Å². The van der Waals surface area contributed by atoms with Crippen LogP contribution in [-0.4, -0.2) is 63.0 Å². The number of aromatic nitrogens is 3. The lowest BCUT2D eigenvalue weighted by Crippen LogP contribution is -2.51. The molecule has 1 N–H and O–H groups in total. The second-order valence-corrected chi connectivity index (χ2v) is 8.44. The van der Waals surface area contributed by atoms with Crippen LogP contribution in [-0.2, 0) is 4.79 Å². The molecule has 5 rings (SSSR count). The first-order chi connectivity index (χ1) is 13.6. The summed E-state index contributed by atoms with van der Waals surface area (Å²) < 4.78 is 0. The quantitative estimate of drug-likeness (QED) is 0.884. The zero-order valence-corrected chi connectivity index (χ0v) is 15.9. The molecule has 7 heteroatoms. The fourth-order valence-corrected chi connectivity index (χ4v) is 4.61. The molecule has 3 aliphatic rings. The smallest absolute Gasteiger partial charge is 0.271 e. The van der Waals surface area contributed by atoms with Crippen molar-refractivity contribution in [3.8, 4) is 11.4 Å². The van der Waals surface area contributed by atoms with E-state index in [1.165, 1.54) is 12.8 Å². The number of aromatic amines is 1. The number of amides is 2. The van der Waals surface area contributed by atoms with Gasteiger partial charge in [-0.2, -0.15) is 5.10 Å². The van der Waals surface area contributed by atoms with Crippen molar-refractivity contribution in [2.24, 2.45) is 11.3 Å². The number of rotatable bonds is 4. The molecule has 146 valence electrons. The molecule has 3 fully saturated rings. The van der Waals surface area contributed by atoms with Gasteiger partial charge in [0.1, 0.15) is 11.4 Å². The summed E-state index contributed by atoms with van der Waals surface area (Å²) >= 11 is 0. The van der Waals surface area contributed by atoms with Gasteiger partial charge >= 0.3 is 0 Å². The van der Waals surface area contributed by atoms with Crippen LogP contribution in [0.25, 0.3) is 11.4 Å². The van der Waals surface area contributed by atoms with Crippen LogP contribution in [0, 0.1) is 11.3 Å². The van der Waals surface area contributed by atoms with E-state index < -0.39 is 0 Å². The molecule has 1 atom stereocenters. The first-order valence-electron chi connectivity index (χ1n) is 10.2. The summed E-state index contributed by atoms with van der Waals surface area (Å²) in [5, 5.41) is 7.09. The van der Waals surface area contributed by atoms with E-state index in [2.05, 4.69) is 20.1 Å². The third kappa shape index (κ3) is 3.08. The minimum absolute atomic E-state index is 0.0846. The van der Waals surface area contributed by atoms with Gasteiger partial charge in [0.05, 0.1) is 11.1 Å². The maximum absolute atomic E-state index is 13.2. The summed E-state index contributed by atoms with van der Waals surface area (Å²) in [5.41, 5.74) is 1.46. The number of nitrogens with zero attached hydrogens (tertiary/aromatic N) is 4. The van der Waals surface area contributed by atoms with Crippen LogP contribution in [0.15, 0.2) is 30.5 Å². The van der Waals surface area contributed by atoms with Crippen molar-refractivity contribution in [1.82, 2.24) is 25.0 Å². The van der Waals surface area contributed by atoms with Crippen molar-refractivity contribution in [3.05, 3.63) is 36.2 Å². The molecule has 2 saturated heterocycles. The van der Waals surface area contributed by atoms with Gasteiger partial charge in [-0.25, -0.2) is 0 Å². The Bertz CT molecular complexity index is 891.